The number of amides is 3. The fraction of sp³-hybridized carbons (Fsp3) is 0.364. The van der Waals surface area contributed by atoms with Crippen molar-refractivity contribution in [1.29, 1.82) is 0 Å². The van der Waals surface area contributed by atoms with Gasteiger partial charge in [0, 0.05) is 28.8 Å². The number of anilines is 1. The largest absolute Gasteiger partial charge is 0.472 e. The van der Waals surface area contributed by atoms with Gasteiger partial charge in [-0.25, -0.2) is 22.8 Å². The van der Waals surface area contributed by atoms with Crippen molar-refractivity contribution < 1.29 is 31.9 Å². The Morgan fingerprint density at radius 2 is 1.70 bits per heavy atom. The number of hydrogen-bond donors (Lipinski definition) is 3. The molecular weight excluding hydrogens is 806 g/mol. The van der Waals surface area contributed by atoms with Crippen LogP contribution in [0.25, 0.3) is 33.5 Å². The molecule has 2 aliphatic heterocycles. The van der Waals surface area contributed by atoms with Crippen LogP contribution in [0.5, 0.6) is 5.88 Å². The number of carbonyl (C=O) groups excluding carboxylic acids is 3. The average molecular weight is 850 g/mol. The Hall–Kier alpha value is -5.74. The molecule has 3 aromatic carbocycles. The lowest BCUT2D eigenvalue weighted by atomic mass is 10.1. The second kappa shape index (κ2) is 16.4. The summed E-state index contributed by atoms with van der Waals surface area (Å²) in [5, 5.41) is 8.67. The third-order valence-electron chi connectivity index (χ3n) is 11.7. The minimum absolute atomic E-state index is 0.0331. The Bertz CT molecular complexity index is 2570. The number of hydrogen-bond acceptors (Lipinski definition) is 11. The highest BCUT2D eigenvalue weighted by Crippen LogP contribution is 2.46. The lowest BCUT2D eigenvalue weighted by Crippen LogP contribution is -2.57. The molecule has 16 heteroatoms. The second-order valence-corrected chi connectivity index (χ2v) is 18.8. The molecule has 2 saturated carbocycles. The van der Waals surface area contributed by atoms with E-state index >= 15 is 0 Å². The number of sulfonamides is 1. The van der Waals surface area contributed by atoms with E-state index in [1.54, 1.807) is 12.1 Å². The van der Waals surface area contributed by atoms with Crippen molar-refractivity contribution in [3.05, 3.63) is 102 Å². The van der Waals surface area contributed by atoms with Crippen molar-refractivity contribution in [1.82, 2.24) is 29.9 Å². The molecule has 5 atom stereocenters. The smallest absolute Gasteiger partial charge is 0.259 e. The summed E-state index contributed by atoms with van der Waals surface area (Å²) in [5.41, 5.74) is 1.32. The van der Waals surface area contributed by atoms with E-state index in [1.165, 1.54) is 28.4 Å². The molecule has 5 aromatic rings. The molecule has 3 amide bonds. The molecule has 0 unspecified atom stereocenters. The normalized spacial score (nSPS) is 25.2. The standard InChI is InChI=1S/C44H44FN7O6S2/c45-30-19-17-27(18-20-30)36-26-59-43(48-36)47-35-16-8-3-1-2-7-13-29-24-44(29,42(55)51-60(56,57)32-21-22-32)50-39(53)37-23-31(25-52(37)41(35)54)58-40-33-14-9-10-15-34(33)46-38(49-40)28-11-5-4-6-12-28/h4-7,9-15,17-20,26,29,31-32,35,37H,1-3,8,16,21-25H2,(H,47,48)(H,50,53)(H,51,55)/b13-7-/t29-,31-,35+,37+,44-/m1/s1. The number of nitrogens with one attached hydrogen (secondary N) is 3. The second-order valence-electron chi connectivity index (χ2n) is 16.0. The number of allylic oxidation sites excluding steroid dienone is 1. The fourth-order valence-corrected chi connectivity index (χ4v) is 10.2. The molecule has 0 bridgehead atoms. The van der Waals surface area contributed by atoms with Gasteiger partial charge in [-0.2, -0.15) is 4.98 Å². The van der Waals surface area contributed by atoms with E-state index in [-0.39, 0.29) is 31.1 Å². The molecule has 2 aromatic heterocycles. The molecule has 3 fully saturated rings. The number of aromatic nitrogens is 3. The van der Waals surface area contributed by atoms with Gasteiger partial charge in [0.2, 0.25) is 27.7 Å². The Morgan fingerprint density at radius 1 is 0.917 bits per heavy atom. The van der Waals surface area contributed by atoms with Gasteiger partial charge in [-0.3, -0.25) is 19.1 Å². The Morgan fingerprint density at radius 3 is 2.50 bits per heavy atom. The number of carbonyl (C=O) groups is 3. The average Bonchev–Trinajstić information content (AvgIpc) is 4.14. The van der Waals surface area contributed by atoms with Crippen molar-refractivity contribution >= 4 is 55.1 Å². The first-order valence-electron chi connectivity index (χ1n) is 20.4. The van der Waals surface area contributed by atoms with Crippen LogP contribution < -0.4 is 20.1 Å². The van der Waals surface area contributed by atoms with E-state index in [2.05, 4.69) is 15.4 Å². The number of thiazole rings is 1. The highest BCUT2D eigenvalue weighted by atomic mass is 32.2. The Labute approximate surface area is 350 Å². The maximum absolute atomic E-state index is 14.9. The van der Waals surface area contributed by atoms with Crippen LogP contribution in [0.1, 0.15) is 57.8 Å². The highest BCUT2D eigenvalue weighted by molar-refractivity contribution is 7.91. The van der Waals surface area contributed by atoms with Gasteiger partial charge in [-0.15, -0.1) is 11.3 Å². The fourth-order valence-electron chi connectivity index (χ4n) is 8.10. The van der Waals surface area contributed by atoms with E-state index in [0.717, 1.165) is 30.4 Å². The first kappa shape index (κ1) is 39.7. The van der Waals surface area contributed by atoms with Crippen molar-refractivity contribution in [3.8, 4) is 28.5 Å². The summed E-state index contributed by atoms with van der Waals surface area (Å²) in [6, 6.07) is 21.2. The molecule has 9 rings (SSSR count). The van der Waals surface area contributed by atoms with E-state index < -0.39 is 56.7 Å². The molecule has 4 heterocycles. The molecule has 0 spiro atoms. The van der Waals surface area contributed by atoms with E-state index in [9.17, 15) is 27.2 Å². The van der Waals surface area contributed by atoms with Gasteiger partial charge in [-0.05, 0) is 74.9 Å². The molecule has 4 aliphatic rings. The quantitative estimate of drug-likeness (QED) is 0.141. The first-order valence-corrected chi connectivity index (χ1v) is 22.8. The highest BCUT2D eigenvalue weighted by Gasteiger charge is 2.62. The number of halogens is 1. The third-order valence-corrected chi connectivity index (χ3v) is 14.3. The minimum atomic E-state index is -3.90. The number of benzene rings is 3. The summed E-state index contributed by atoms with van der Waals surface area (Å²) in [6.45, 7) is 0.0331. The van der Waals surface area contributed by atoms with Gasteiger partial charge >= 0.3 is 0 Å². The zero-order chi connectivity index (χ0) is 41.4. The van der Waals surface area contributed by atoms with Crippen LogP contribution in [0.15, 0.2) is 96.4 Å². The number of nitrogens with zero attached hydrogens (tertiary/aromatic N) is 4. The summed E-state index contributed by atoms with van der Waals surface area (Å²) < 4.78 is 48.5. The van der Waals surface area contributed by atoms with Gasteiger partial charge in [0.25, 0.3) is 5.91 Å². The molecule has 2 aliphatic carbocycles. The summed E-state index contributed by atoms with van der Waals surface area (Å²) in [6.07, 6.45) is 7.98. The predicted molar refractivity (Wildman–Crippen MR) is 226 cm³/mol. The third kappa shape index (κ3) is 8.35. The summed E-state index contributed by atoms with van der Waals surface area (Å²) in [4.78, 5) is 59.3. The van der Waals surface area contributed by atoms with Crippen LogP contribution in [-0.2, 0) is 24.4 Å². The maximum Gasteiger partial charge on any atom is 0.259 e. The van der Waals surface area contributed by atoms with Crippen molar-refractivity contribution in [2.45, 2.75) is 86.8 Å². The molecule has 3 N–H and O–H groups in total. The summed E-state index contributed by atoms with van der Waals surface area (Å²) in [5.74, 6) is -1.70. The van der Waals surface area contributed by atoms with Crippen LogP contribution >= 0.6 is 11.3 Å². The summed E-state index contributed by atoms with van der Waals surface area (Å²) in [7, 11) is -3.90. The lowest BCUT2D eigenvalue weighted by molar-refractivity contribution is -0.140. The van der Waals surface area contributed by atoms with Gasteiger partial charge < -0.3 is 20.3 Å². The van der Waals surface area contributed by atoms with Crippen molar-refractivity contribution in [3.63, 3.8) is 0 Å². The van der Waals surface area contributed by atoms with Crippen molar-refractivity contribution in [2.24, 2.45) is 5.92 Å². The van der Waals surface area contributed by atoms with E-state index in [1.807, 2.05) is 72.1 Å². The van der Waals surface area contributed by atoms with Gasteiger partial charge in [0.1, 0.15) is 29.5 Å². The monoisotopic (exact) mass is 849 g/mol. The number of ether oxygens (including phenoxy) is 1. The maximum atomic E-state index is 14.9. The van der Waals surface area contributed by atoms with Crippen LogP contribution in [0.3, 0.4) is 0 Å². The SMILES string of the molecule is O=C1N[C@]2(C(=O)NS(=O)(=O)C3CC3)C[C@H]2/C=C\CCCCC[C@H](Nc2nc(-c3ccc(F)cc3)cs2)C(=O)N2C[C@H](Oc3nc(-c4ccccc4)nc4ccccc34)C[C@@H]12. The van der Waals surface area contributed by atoms with E-state index in [0.29, 0.717) is 59.1 Å². The van der Waals surface area contributed by atoms with Crippen molar-refractivity contribution in [2.75, 3.05) is 11.9 Å². The molecule has 13 nitrogen and oxygen atoms in total. The summed E-state index contributed by atoms with van der Waals surface area (Å²) >= 11 is 1.32. The topological polar surface area (TPSA) is 173 Å². The zero-order valence-corrected chi connectivity index (χ0v) is 34.3. The molecule has 60 heavy (non-hydrogen) atoms. The van der Waals surface area contributed by atoms with Crippen LogP contribution in [-0.4, -0.2) is 81.5 Å². The predicted octanol–water partition coefficient (Wildman–Crippen LogP) is 6.39. The molecule has 310 valence electrons. The van der Waals surface area contributed by atoms with Crippen LogP contribution in [0, 0.1) is 11.7 Å². The lowest BCUT2D eigenvalue weighted by Gasteiger charge is -2.29. The Kier molecular flexibility index (Phi) is 10.8. The van der Waals surface area contributed by atoms with Crippen LogP contribution in [0.4, 0.5) is 9.52 Å². The van der Waals surface area contributed by atoms with Gasteiger partial charge in [-0.1, -0.05) is 67.5 Å². The molecule has 0 radical (unpaired) electrons. The van der Waals surface area contributed by atoms with Gasteiger partial charge in [0.05, 0.1) is 28.4 Å². The zero-order valence-electron chi connectivity index (χ0n) is 32.6. The molecule has 1 saturated heterocycles. The minimum Gasteiger partial charge on any atom is -0.472 e. The first-order chi connectivity index (χ1) is 29.1. The molecular formula is C44H44FN7O6S2. The number of rotatable bonds is 9. The van der Waals surface area contributed by atoms with E-state index in [4.69, 9.17) is 19.7 Å². The number of para-hydroxylation sites is 1. The van der Waals surface area contributed by atoms with Gasteiger partial charge in [0.15, 0.2) is 11.0 Å². The Balaban J connectivity index is 1.04. The van der Waals surface area contributed by atoms with Crippen LogP contribution in [0.2, 0.25) is 0 Å². The number of fused-ring (bicyclic) bond motifs is 3.